The van der Waals surface area contributed by atoms with Crippen molar-refractivity contribution in [3.8, 4) is 0 Å². The number of aliphatic hydroxyl groups is 1. The van der Waals surface area contributed by atoms with E-state index in [2.05, 4.69) is 20.9 Å². The molecule has 4 heteroatoms. The number of nitrogens with zero attached hydrogens (tertiary/aromatic N) is 1. The quantitative estimate of drug-likeness (QED) is 0.771. The molecule has 3 rings (SSSR count). The average Bonchev–Trinajstić information content (AvgIpc) is 2.46. The maximum Gasteiger partial charge on any atom is 0.122 e. The largest absolute Gasteiger partial charge is 0.382 e. The van der Waals surface area contributed by atoms with Gasteiger partial charge in [0.15, 0.2) is 0 Å². The SMILES string of the molecule is CC1=Cc2cc(Br)cnc2C(O)c2ccc(Cl)cc21. The molecular weight excluding hydrogens is 326 g/mol. The van der Waals surface area contributed by atoms with Gasteiger partial charge in [-0.2, -0.15) is 0 Å². The van der Waals surface area contributed by atoms with Crippen molar-refractivity contribution >= 4 is 39.2 Å². The molecule has 1 N–H and O–H groups in total. The normalized spacial score (nSPS) is 17.3. The number of hydrogen-bond donors (Lipinski definition) is 1. The highest BCUT2D eigenvalue weighted by Crippen LogP contribution is 2.37. The number of pyridine rings is 1. The van der Waals surface area contributed by atoms with Crippen LogP contribution in [0.15, 0.2) is 34.9 Å². The zero-order chi connectivity index (χ0) is 13.6. The van der Waals surface area contributed by atoms with E-state index in [4.69, 9.17) is 11.6 Å². The minimum absolute atomic E-state index is 0.666. The fourth-order valence-electron chi connectivity index (χ4n) is 2.38. The first-order chi connectivity index (χ1) is 9.06. The van der Waals surface area contributed by atoms with Crippen LogP contribution in [0, 0.1) is 0 Å². The monoisotopic (exact) mass is 335 g/mol. The first-order valence-electron chi connectivity index (χ1n) is 5.88. The van der Waals surface area contributed by atoms with Crippen LogP contribution in [0.1, 0.15) is 35.4 Å². The van der Waals surface area contributed by atoms with Crippen molar-refractivity contribution in [3.05, 3.63) is 62.3 Å². The lowest BCUT2D eigenvalue weighted by atomic mass is 9.98. The lowest BCUT2D eigenvalue weighted by Crippen LogP contribution is -2.05. The van der Waals surface area contributed by atoms with Crippen LogP contribution in [-0.4, -0.2) is 10.1 Å². The van der Waals surface area contributed by atoms with Gasteiger partial charge in [-0.1, -0.05) is 17.7 Å². The molecule has 0 spiro atoms. The molecule has 96 valence electrons. The lowest BCUT2D eigenvalue weighted by Gasteiger charge is -2.14. The molecule has 0 bridgehead atoms. The van der Waals surface area contributed by atoms with Crippen LogP contribution in [0.4, 0.5) is 0 Å². The Balaban J connectivity index is 2.30. The molecule has 1 aromatic heterocycles. The lowest BCUT2D eigenvalue weighted by molar-refractivity contribution is 0.215. The van der Waals surface area contributed by atoms with Crippen molar-refractivity contribution in [2.75, 3.05) is 0 Å². The third-order valence-corrected chi connectivity index (χ3v) is 3.95. The Bertz CT molecular complexity index is 697. The van der Waals surface area contributed by atoms with Gasteiger partial charge in [0.1, 0.15) is 6.10 Å². The topological polar surface area (TPSA) is 33.1 Å². The van der Waals surface area contributed by atoms with Gasteiger partial charge in [0.05, 0.1) is 5.69 Å². The molecule has 1 aliphatic carbocycles. The van der Waals surface area contributed by atoms with E-state index >= 15 is 0 Å². The highest BCUT2D eigenvalue weighted by molar-refractivity contribution is 9.10. The van der Waals surface area contributed by atoms with Gasteiger partial charge in [0.2, 0.25) is 0 Å². The molecule has 0 aliphatic heterocycles. The third-order valence-electron chi connectivity index (χ3n) is 3.28. The minimum atomic E-state index is -0.732. The van der Waals surface area contributed by atoms with Gasteiger partial charge in [-0.25, -0.2) is 0 Å². The number of hydrogen-bond acceptors (Lipinski definition) is 2. The van der Waals surface area contributed by atoms with Crippen LogP contribution in [0.5, 0.6) is 0 Å². The summed E-state index contributed by atoms with van der Waals surface area (Å²) in [7, 11) is 0. The highest BCUT2D eigenvalue weighted by atomic mass is 79.9. The van der Waals surface area contributed by atoms with E-state index in [-0.39, 0.29) is 0 Å². The van der Waals surface area contributed by atoms with E-state index in [1.807, 2.05) is 31.2 Å². The fraction of sp³-hybridized carbons (Fsp3) is 0.133. The summed E-state index contributed by atoms with van der Waals surface area (Å²) in [6.07, 6.45) is 2.99. The van der Waals surface area contributed by atoms with Crippen LogP contribution in [-0.2, 0) is 0 Å². The Morgan fingerprint density at radius 1 is 1.32 bits per heavy atom. The number of aromatic nitrogens is 1. The molecule has 0 saturated carbocycles. The van der Waals surface area contributed by atoms with Crippen LogP contribution in [0.3, 0.4) is 0 Å². The first-order valence-corrected chi connectivity index (χ1v) is 7.05. The van der Waals surface area contributed by atoms with Crippen molar-refractivity contribution in [1.29, 1.82) is 0 Å². The van der Waals surface area contributed by atoms with Crippen LogP contribution in [0.25, 0.3) is 11.6 Å². The van der Waals surface area contributed by atoms with Gasteiger partial charge in [-0.3, -0.25) is 4.98 Å². The molecule has 0 amide bonds. The van der Waals surface area contributed by atoms with Crippen molar-refractivity contribution in [2.45, 2.75) is 13.0 Å². The van der Waals surface area contributed by atoms with Crippen molar-refractivity contribution in [2.24, 2.45) is 0 Å². The summed E-state index contributed by atoms with van der Waals surface area (Å²) < 4.78 is 0.895. The van der Waals surface area contributed by atoms with Gasteiger partial charge in [0, 0.05) is 21.3 Å². The Hall–Kier alpha value is -1.16. The summed E-state index contributed by atoms with van der Waals surface area (Å²) in [6.45, 7) is 2.01. The molecule has 1 aliphatic rings. The Labute approximate surface area is 124 Å². The molecule has 0 radical (unpaired) electrons. The van der Waals surface area contributed by atoms with Gasteiger partial charge in [-0.05, 0) is 63.8 Å². The summed E-state index contributed by atoms with van der Waals surface area (Å²) in [4.78, 5) is 4.34. The van der Waals surface area contributed by atoms with E-state index in [1.54, 1.807) is 12.3 Å². The Morgan fingerprint density at radius 2 is 2.11 bits per heavy atom. The summed E-state index contributed by atoms with van der Waals surface area (Å²) in [5.74, 6) is 0. The minimum Gasteiger partial charge on any atom is -0.382 e. The smallest absolute Gasteiger partial charge is 0.122 e. The van der Waals surface area contributed by atoms with Gasteiger partial charge < -0.3 is 5.11 Å². The van der Waals surface area contributed by atoms with Crippen LogP contribution >= 0.6 is 27.5 Å². The molecule has 1 unspecified atom stereocenters. The number of halogens is 2. The molecule has 1 aromatic carbocycles. The standard InChI is InChI=1S/C15H11BrClNO/c1-8-4-9-5-10(16)7-18-14(9)15(19)12-3-2-11(17)6-13(8)12/h2-7,15,19H,1H3. The van der Waals surface area contributed by atoms with E-state index in [1.165, 1.54) is 0 Å². The third kappa shape index (κ3) is 2.22. The number of benzene rings is 1. The van der Waals surface area contributed by atoms with Crippen molar-refractivity contribution < 1.29 is 5.11 Å². The second kappa shape index (κ2) is 4.75. The molecule has 2 nitrogen and oxygen atoms in total. The van der Waals surface area contributed by atoms with Crippen molar-refractivity contribution in [1.82, 2.24) is 4.98 Å². The molecule has 0 fully saturated rings. The summed E-state index contributed by atoms with van der Waals surface area (Å²) in [5, 5.41) is 11.2. The predicted molar refractivity (Wildman–Crippen MR) is 81.0 cm³/mol. The molecule has 1 atom stereocenters. The van der Waals surface area contributed by atoms with Gasteiger partial charge in [0.25, 0.3) is 0 Å². The predicted octanol–water partition coefficient (Wildman–Crippen LogP) is 4.45. The summed E-state index contributed by atoms with van der Waals surface area (Å²) in [6, 6.07) is 7.49. The zero-order valence-corrected chi connectivity index (χ0v) is 12.5. The number of fused-ring (bicyclic) bond motifs is 2. The van der Waals surface area contributed by atoms with Gasteiger partial charge in [-0.15, -0.1) is 0 Å². The highest BCUT2D eigenvalue weighted by Gasteiger charge is 2.22. The van der Waals surface area contributed by atoms with Crippen molar-refractivity contribution in [3.63, 3.8) is 0 Å². The summed E-state index contributed by atoms with van der Waals surface area (Å²) >= 11 is 9.46. The fourth-order valence-corrected chi connectivity index (χ4v) is 2.90. The Kier molecular flexibility index (Phi) is 3.21. The van der Waals surface area contributed by atoms with Crippen LogP contribution in [0.2, 0.25) is 5.02 Å². The average molecular weight is 337 g/mol. The second-order valence-electron chi connectivity index (χ2n) is 4.59. The number of allylic oxidation sites excluding steroid dienone is 1. The van der Waals surface area contributed by atoms with E-state index in [0.717, 1.165) is 26.7 Å². The second-order valence-corrected chi connectivity index (χ2v) is 5.94. The van der Waals surface area contributed by atoms with E-state index in [0.29, 0.717) is 10.7 Å². The zero-order valence-electron chi connectivity index (χ0n) is 10.2. The maximum absolute atomic E-state index is 10.5. The number of aliphatic hydroxyl groups excluding tert-OH is 1. The van der Waals surface area contributed by atoms with Gasteiger partial charge >= 0.3 is 0 Å². The van der Waals surface area contributed by atoms with E-state index < -0.39 is 6.10 Å². The van der Waals surface area contributed by atoms with Crippen LogP contribution < -0.4 is 0 Å². The molecular formula is C15H11BrClNO. The maximum atomic E-state index is 10.5. The molecule has 2 aromatic rings. The number of rotatable bonds is 0. The summed E-state index contributed by atoms with van der Waals surface area (Å²) in [5.41, 5.74) is 4.46. The Morgan fingerprint density at radius 3 is 2.89 bits per heavy atom. The van der Waals surface area contributed by atoms with E-state index in [9.17, 15) is 5.11 Å². The molecule has 19 heavy (non-hydrogen) atoms. The molecule has 0 saturated heterocycles. The first kappa shape index (κ1) is 12.9. The molecule has 1 heterocycles.